The normalized spacial score (nSPS) is 12.0. The summed E-state index contributed by atoms with van der Waals surface area (Å²) >= 11 is 2.01. The van der Waals surface area contributed by atoms with Crippen LogP contribution in [0.4, 0.5) is 0 Å². The Kier molecular flexibility index (Phi) is 6.96. The molecule has 0 amide bonds. The summed E-state index contributed by atoms with van der Waals surface area (Å²) in [4.78, 5) is 0. The van der Waals surface area contributed by atoms with Crippen molar-refractivity contribution in [2.75, 3.05) is 11.5 Å². The lowest BCUT2D eigenvalue weighted by Crippen LogP contribution is -2.38. The molecular formula is C10H23NS. The molecule has 0 unspecified atom stereocenters. The first kappa shape index (κ1) is 12.3. The van der Waals surface area contributed by atoms with Gasteiger partial charge in [0.05, 0.1) is 0 Å². The second-order valence-electron chi connectivity index (χ2n) is 3.37. The zero-order chi connectivity index (χ0) is 9.45. The van der Waals surface area contributed by atoms with Gasteiger partial charge in [-0.05, 0) is 37.2 Å². The first-order valence-electron chi connectivity index (χ1n) is 5.05. The summed E-state index contributed by atoms with van der Waals surface area (Å²) in [7, 11) is 0. The number of thioether (sulfide) groups is 1. The summed E-state index contributed by atoms with van der Waals surface area (Å²) in [6.07, 6.45) is 4.68. The standard InChI is InChI=1S/C10H23NS/c1-4-10(11,5-2)8-7-9-12-6-3/h4-9,11H2,1-3H3. The van der Waals surface area contributed by atoms with Crippen LogP contribution in [-0.4, -0.2) is 17.0 Å². The second kappa shape index (κ2) is 6.79. The highest BCUT2D eigenvalue weighted by Crippen LogP contribution is 2.19. The lowest BCUT2D eigenvalue weighted by atomic mass is 9.89. The van der Waals surface area contributed by atoms with E-state index in [1.807, 2.05) is 11.8 Å². The molecule has 12 heavy (non-hydrogen) atoms. The Morgan fingerprint density at radius 2 is 1.75 bits per heavy atom. The molecule has 2 heteroatoms. The van der Waals surface area contributed by atoms with Crippen molar-refractivity contribution in [3.05, 3.63) is 0 Å². The van der Waals surface area contributed by atoms with E-state index in [1.54, 1.807) is 0 Å². The monoisotopic (exact) mass is 189 g/mol. The number of hydrogen-bond acceptors (Lipinski definition) is 2. The molecule has 1 nitrogen and oxygen atoms in total. The van der Waals surface area contributed by atoms with Crippen LogP contribution in [0.1, 0.15) is 46.5 Å². The maximum Gasteiger partial charge on any atom is 0.0149 e. The fraction of sp³-hybridized carbons (Fsp3) is 1.00. The van der Waals surface area contributed by atoms with Crippen molar-refractivity contribution >= 4 is 11.8 Å². The van der Waals surface area contributed by atoms with E-state index < -0.39 is 0 Å². The van der Waals surface area contributed by atoms with Gasteiger partial charge in [0.15, 0.2) is 0 Å². The van der Waals surface area contributed by atoms with Crippen LogP contribution in [0.15, 0.2) is 0 Å². The van der Waals surface area contributed by atoms with Crippen LogP contribution in [0.25, 0.3) is 0 Å². The van der Waals surface area contributed by atoms with E-state index in [0.29, 0.717) is 0 Å². The molecule has 0 rings (SSSR count). The summed E-state index contributed by atoms with van der Waals surface area (Å²) in [5, 5.41) is 0. The molecule has 0 atom stereocenters. The molecule has 0 aliphatic carbocycles. The Balaban J connectivity index is 3.45. The smallest absolute Gasteiger partial charge is 0.0149 e. The van der Waals surface area contributed by atoms with Crippen molar-refractivity contribution < 1.29 is 0 Å². The summed E-state index contributed by atoms with van der Waals surface area (Å²) in [5.41, 5.74) is 6.29. The van der Waals surface area contributed by atoms with Crippen LogP contribution < -0.4 is 5.73 Å². The van der Waals surface area contributed by atoms with Gasteiger partial charge in [-0.25, -0.2) is 0 Å². The van der Waals surface area contributed by atoms with Gasteiger partial charge in [0.2, 0.25) is 0 Å². The molecule has 2 N–H and O–H groups in total. The van der Waals surface area contributed by atoms with Crippen molar-refractivity contribution in [2.45, 2.75) is 52.0 Å². The van der Waals surface area contributed by atoms with Gasteiger partial charge in [-0.3, -0.25) is 0 Å². The van der Waals surface area contributed by atoms with Gasteiger partial charge in [-0.2, -0.15) is 11.8 Å². The van der Waals surface area contributed by atoms with Gasteiger partial charge in [0.1, 0.15) is 0 Å². The lowest BCUT2D eigenvalue weighted by Gasteiger charge is -2.26. The van der Waals surface area contributed by atoms with Gasteiger partial charge in [-0.1, -0.05) is 20.8 Å². The minimum absolute atomic E-state index is 0.119. The molecule has 0 aromatic heterocycles. The van der Waals surface area contributed by atoms with Crippen LogP contribution >= 0.6 is 11.8 Å². The van der Waals surface area contributed by atoms with Crippen LogP contribution in [-0.2, 0) is 0 Å². The molecule has 0 saturated carbocycles. The lowest BCUT2D eigenvalue weighted by molar-refractivity contribution is 0.364. The molecule has 0 aromatic carbocycles. The van der Waals surface area contributed by atoms with Crippen LogP contribution in [0.5, 0.6) is 0 Å². The third-order valence-electron chi connectivity index (χ3n) is 2.58. The van der Waals surface area contributed by atoms with Gasteiger partial charge in [0.25, 0.3) is 0 Å². The first-order valence-corrected chi connectivity index (χ1v) is 6.20. The molecule has 0 aliphatic rings. The molecule has 0 fully saturated rings. The zero-order valence-corrected chi connectivity index (χ0v) is 9.54. The van der Waals surface area contributed by atoms with Crippen LogP contribution in [0.3, 0.4) is 0 Å². The SMILES string of the molecule is CCSCCCC(N)(CC)CC. The van der Waals surface area contributed by atoms with Gasteiger partial charge >= 0.3 is 0 Å². The Labute approximate surface area is 81.5 Å². The van der Waals surface area contributed by atoms with E-state index in [0.717, 1.165) is 12.8 Å². The quantitative estimate of drug-likeness (QED) is 0.623. The highest BCUT2D eigenvalue weighted by atomic mass is 32.2. The van der Waals surface area contributed by atoms with Gasteiger partial charge in [0, 0.05) is 5.54 Å². The summed E-state index contributed by atoms with van der Waals surface area (Å²) in [6.45, 7) is 6.59. The van der Waals surface area contributed by atoms with E-state index in [9.17, 15) is 0 Å². The van der Waals surface area contributed by atoms with Crippen molar-refractivity contribution in [3.63, 3.8) is 0 Å². The Hall–Kier alpha value is 0.310. The average Bonchev–Trinajstić information content (AvgIpc) is 2.12. The number of rotatable bonds is 7. The predicted molar refractivity (Wildman–Crippen MR) is 59.7 cm³/mol. The molecule has 0 spiro atoms. The van der Waals surface area contributed by atoms with E-state index in [4.69, 9.17) is 5.73 Å². The van der Waals surface area contributed by atoms with Crippen LogP contribution in [0.2, 0.25) is 0 Å². The minimum Gasteiger partial charge on any atom is -0.325 e. The Morgan fingerprint density at radius 3 is 2.17 bits per heavy atom. The molecule has 0 heterocycles. The average molecular weight is 189 g/mol. The van der Waals surface area contributed by atoms with Gasteiger partial charge < -0.3 is 5.73 Å². The molecule has 0 aliphatic heterocycles. The fourth-order valence-corrected chi connectivity index (χ4v) is 1.91. The zero-order valence-electron chi connectivity index (χ0n) is 8.73. The molecule has 0 saturated heterocycles. The summed E-state index contributed by atoms with van der Waals surface area (Å²) < 4.78 is 0. The summed E-state index contributed by atoms with van der Waals surface area (Å²) in [5.74, 6) is 2.51. The maximum atomic E-state index is 6.17. The fourth-order valence-electron chi connectivity index (χ4n) is 1.27. The highest BCUT2D eigenvalue weighted by Gasteiger charge is 2.18. The molecular weight excluding hydrogens is 166 g/mol. The first-order chi connectivity index (χ1) is 5.68. The Morgan fingerprint density at radius 1 is 1.17 bits per heavy atom. The van der Waals surface area contributed by atoms with Crippen molar-refractivity contribution in [2.24, 2.45) is 5.73 Å². The van der Waals surface area contributed by atoms with E-state index >= 15 is 0 Å². The van der Waals surface area contributed by atoms with E-state index in [-0.39, 0.29) is 5.54 Å². The molecule has 0 radical (unpaired) electrons. The summed E-state index contributed by atoms with van der Waals surface area (Å²) in [6, 6.07) is 0. The Bertz CT molecular complexity index is 100. The van der Waals surface area contributed by atoms with E-state index in [1.165, 1.54) is 24.3 Å². The molecule has 0 bridgehead atoms. The van der Waals surface area contributed by atoms with Gasteiger partial charge in [-0.15, -0.1) is 0 Å². The third kappa shape index (κ3) is 5.04. The van der Waals surface area contributed by atoms with E-state index in [2.05, 4.69) is 20.8 Å². The highest BCUT2D eigenvalue weighted by molar-refractivity contribution is 7.99. The van der Waals surface area contributed by atoms with Crippen LogP contribution in [0, 0.1) is 0 Å². The third-order valence-corrected chi connectivity index (χ3v) is 3.56. The number of hydrogen-bond donors (Lipinski definition) is 1. The predicted octanol–water partition coefficient (Wildman–Crippen LogP) is 3.04. The van der Waals surface area contributed by atoms with Crippen molar-refractivity contribution in [1.29, 1.82) is 0 Å². The topological polar surface area (TPSA) is 26.0 Å². The van der Waals surface area contributed by atoms with Crippen molar-refractivity contribution in [3.8, 4) is 0 Å². The largest absolute Gasteiger partial charge is 0.325 e. The maximum absolute atomic E-state index is 6.17. The number of nitrogens with two attached hydrogens (primary N) is 1. The van der Waals surface area contributed by atoms with Crippen molar-refractivity contribution in [1.82, 2.24) is 0 Å². The molecule has 74 valence electrons. The molecule has 0 aromatic rings. The minimum atomic E-state index is 0.119. The second-order valence-corrected chi connectivity index (χ2v) is 4.76.